The Bertz CT molecular complexity index is 1650. The number of aromatic nitrogens is 2. The summed E-state index contributed by atoms with van der Waals surface area (Å²) in [5.74, 6) is 0.511. The van der Waals surface area contributed by atoms with E-state index in [-0.39, 0.29) is 18.1 Å². The van der Waals surface area contributed by atoms with Crippen molar-refractivity contribution in [1.82, 2.24) is 14.5 Å². The highest BCUT2D eigenvalue weighted by atomic mass is 32.1. The molecule has 3 aromatic heterocycles. The summed E-state index contributed by atoms with van der Waals surface area (Å²) in [4.78, 5) is 37.5. The van der Waals surface area contributed by atoms with Crippen LogP contribution in [0.25, 0.3) is 11.1 Å². The van der Waals surface area contributed by atoms with Crippen LogP contribution in [0.3, 0.4) is 0 Å². The Labute approximate surface area is 255 Å². The van der Waals surface area contributed by atoms with Crippen LogP contribution in [0, 0.1) is 6.92 Å². The Morgan fingerprint density at radius 1 is 1.05 bits per heavy atom. The average Bonchev–Trinajstić information content (AvgIpc) is 3.46. The normalized spacial score (nSPS) is 15.3. The van der Waals surface area contributed by atoms with Crippen molar-refractivity contribution >= 4 is 40.1 Å². The molecular weight excluding hydrogens is 560 g/mol. The fourth-order valence-corrected chi connectivity index (χ4v) is 7.12. The summed E-state index contributed by atoms with van der Waals surface area (Å²) in [6.45, 7) is 6.45. The lowest BCUT2D eigenvalue weighted by Crippen LogP contribution is -2.47. The number of hydrogen-bond donors (Lipinski definition) is 3. The summed E-state index contributed by atoms with van der Waals surface area (Å²) in [7, 11) is 1.74. The lowest BCUT2D eigenvalue weighted by molar-refractivity contribution is 0.103. The minimum absolute atomic E-state index is 0.0796. The number of nitrogens with one attached hydrogen (secondary N) is 2. The fraction of sp³-hybridized carbons (Fsp3) is 0.364. The molecule has 4 heterocycles. The largest absolute Gasteiger partial charge is 0.395 e. The van der Waals surface area contributed by atoms with Crippen molar-refractivity contribution in [3.8, 4) is 11.1 Å². The molecule has 1 amide bonds. The Balaban J connectivity index is 1.19. The van der Waals surface area contributed by atoms with Crippen LogP contribution in [0.2, 0.25) is 0 Å². The number of aryl methyl sites for hydroxylation is 3. The van der Waals surface area contributed by atoms with Gasteiger partial charge >= 0.3 is 0 Å². The molecule has 1 saturated heterocycles. The van der Waals surface area contributed by atoms with Gasteiger partial charge in [-0.3, -0.25) is 14.5 Å². The zero-order valence-electron chi connectivity index (χ0n) is 24.7. The van der Waals surface area contributed by atoms with Gasteiger partial charge in [0.15, 0.2) is 0 Å². The Morgan fingerprint density at radius 2 is 1.86 bits per heavy atom. The summed E-state index contributed by atoms with van der Waals surface area (Å²) in [5, 5.41) is 15.5. The van der Waals surface area contributed by atoms with Crippen LogP contribution in [0.15, 0.2) is 59.7 Å². The van der Waals surface area contributed by atoms with Gasteiger partial charge in [-0.15, -0.1) is 11.3 Å². The second kappa shape index (κ2) is 12.7. The van der Waals surface area contributed by atoms with Gasteiger partial charge < -0.3 is 25.2 Å². The number of hydrogen-bond acceptors (Lipinski definition) is 8. The van der Waals surface area contributed by atoms with Gasteiger partial charge in [0, 0.05) is 62.1 Å². The highest BCUT2D eigenvalue weighted by Gasteiger charge is 2.20. The SMILES string of the molecule is Cc1c(NC(=O)c2cc3c(s2)CCCC3)cccc1-c1cc(Nc2ccc(N3CCN(CCO)CC3)cn2)c(=O)n(C)c1. The first-order valence-electron chi connectivity index (χ1n) is 14.9. The summed E-state index contributed by atoms with van der Waals surface area (Å²) < 4.78 is 1.57. The van der Waals surface area contributed by atoms with E-state index in [1.807, 2.05) is 55.7 Å². The molecule has 1 aromatic carbocycles. The number of piperazine rings is 1. The Kier molecular flexibility index (Phi) is 8.60. The van der Waals surface area contributed by atoms with Crippen LogP contribution in [-0.4, -0.2) is 64.8 Å². The number of β-amino-alcohol motifs (C(OH)–C–C–N with tert-alkyl or cyclic N) is 1. The van der Waals surface area contributed by atoms with Crippen LogP contribution in [0.4, 0.5) is 22.9 Å². The summed E-state index contributed by atoms with van der Waals surface area (Å²) in [6.07, 6.45) is 8.15. The fourth-order valence-electron chi connectivity index (χ4n) is 5.98. The average molecular weight is 599 g/mol. The zero-order chi connectivity index (χ0) is 29.9. The molecule has 1 aliphatic heterocycles. The van der Waals surface area contributed by atoms with Crippen molar-refractivity contribution in [2.45, 2.75) is 32.6 Å². The number of carbonyl (C=O) groups is 1. The maximum absolute atomic E-state index is 13.2. The van der Waals surface area contributed by atoms with E-state index in [1.54, 1.807) is 23.0 Å². The molecule has 6 rings (SSSR count). The standard InChI is InChI=1S/C33H38N6O3S/c1-22-26(7-5-8-27(22)36-32(41)30-19-23-6-3-4-9-29(23)43-30)24-18-28(33(42)37(2)21-24)35-31-11-10-25(20-34-31)39-14-12-38(13-15-39)16-17-40/h5,7-8,10-11,18-21,40H,3-4,6,9,12-17H2,1-2H3,(H,34,35)(H,36,41). The molecular formula is C33H38N6O3S. The third-order valence-corrected chi connectivity index (χ3v) is 9.70. The number of pyridine rings is 2. The van der Waals surface area contributed by atoms with E-state index in [0.29, 0.717) is 18.1 Å². The van der Waals surface area contributed by atoms with Crippen LogP contribution in [-0.2, 0) is 19.9 Å². The summed E-state index contributed by atoms with van der Waals surface area (Å²) in [6, 6.07) is 13.7. The number of aliphatic hydroxyl groups is 1. The molecule has 1 aliphatic carbocycles. The molecule has 43 heavy (non-hydrogen) atoms. The summed E-state index contributed by atoms with van der Waals surface area (Å²) >= 11 is 1.61. The predicted molar refractivity (Wildman–Crippen MR) is 174 cm³/mol. The maximum atomic E-state index is 13.2. The van der Waals surface area contributed by atoms with Crippen molar-refractivity contribution in [2.75, 3.05) is 54.9 Å². The minimum Gasteiger partial charge on any atom is -0.395 e. The number of rotatable bonds is 8. The number of carbonyl (C=O) groups excluding carboxylic acids is 1. The Morgan fingerprint density at radius 3 is 2.60 bits per heavy atom. The van der Waals surface area contributed by atoms with Gasteiger partial charge in [-0.25, -0.2) is 4.98 Å². The van der Waals surface area contributed by atoms with Crippen LogP contribution in [0.1, 0.15) is 38.5 Å². The third-order valence-electron chi connectivity index (χ3n) is 8.46. The van der Waals surface area contributed by atoms with Crippen LogP contribution in [0.5, 0.6) is 0 Å². The first kappa shape index (κ1) is 29.1. The number of aliphatic hydroxyl groups excluding tert-OH is 1. The number of thiophene rings is 1. The topological polar surface area (TPSA) is 103 Å². The zero-order valence-corrected chi connectivity index (χ0v) is 25.5. The van der Waals surface area contributed by atoms with Gasteiger partial charge in [-0.1, -0.05) is 12.1 Å². The minimum atomic E-state index is -0.154. The molecule has 0 atom stereocenters. The predicted octanol–water partition coefficient (Wildman–Crippen LogP) is 4.81. The van der Waals surface area contributed by atoms with Crippen molar-refractivity contribution in [3.05, 3.63) is 86.1 Å². The molecule has 0 unspecified atom stereocenters. The summed E-state index contributed by atoms with van der Waals surface area (Å²) in [5.41, 5.74) is 6.11. The molecule has 2 aliphatic rings. The van der Waals surface area contributed by atoms with Crippen molar-refractivity contribution in [3.63, 3.8) is 0 Å². The molecule has 3 N–H and O–H groups in total. The number of benzene rings is 1. The Hall–Kier alpha value is -3.99. The van der Waals surface area contributed by atoms with E-state index >= 15 is 0 Å². The monoisotopic (exact) mass is 598 g/mol. The second-order valence-electron chi connectivity index (χ2n) is 11.3. The second-order valence-corrected chi connectivity index (χ2v) is 12.5. The molecule has 224 valence electrons. The lowest BCUT2D eigenvalue weighted by atomic mass is 9.99. The van der Waals surface area contributed by atoms with Crippen molar-refractivity contribution in [1.29, 1.82) is 0 Å². The van der Waals surface area contributed by atoms with E-state index < -0.39 is 0 Å². The van der Waals surface area contributed by atoms with Crippen LogP contribution >= 0.6 is 11.3 Å². The van der Waals surface area contributed by atoms with E-state index in [1.165, 1.54) is 23.3 Å². The van der Waals surface area contributed by atoms with E-state index in [0.717, 1.165) is 72.0 Å². The first-order chi connectivity index (χ1) is 20.9. The smallest absolute Gasteiger partial charge is 0.274 e. The highest BCUT2D eigenvalue weighted by molar-refractivity contribution is 7.14. The number of amides is 1. The van der Waals surface area contributed by atoms with E-state index in [4.69, 9.17) is 0 Å². The molecule has 0 saturated carbocycles. The molecule has 1 fully saturated rings. The van der Waals surface area contributed by atoms with Gasteiger partial charge in [0.1, 0.15) is 11.5 Å². The van der Waals surface area contributed by atoms with Gasteiger partial charge in [-0.05, 0) is 79.6 Å². The molecule has 9 nitrogen and oxygen atoms in total. The number of nitrogens with zero attached hydrogens (tertiary/aromatic N) is 4. The van der Waals surface area contributed by atoms with E-state index in [9.17, 15) is 14.7 Å². The van der Waals surface area contributed by atoms with E-state index in [2.05, 4.69) is 31.5 Å². The van der Waals surface area contributed by atoms with Crippen LogP contribution < -0.4 is 21.1 Å². The van der Waals surface area contributed by atoms with Gasteiger partial charge in [0.05, 0.1) is 23.4 Å². The quantitative estimate of drug-likeness (QED) is 0.268. The molecule has 0 radical (unpaired) electrons. The molecule has 10 heteroatoms. The molecule has 4 aromatic rings. The van der Waals surface area contributed by atoms with Crippen molar-refractivity contribution in [2.24, 2.45) is 7.05 Å². The first-order valence-corrected chi connectivity index (χ1v) is 15.8. The lowest BCUT2D eigenvalue weighted by Gasteiger charge is -2.35. The van der Waals surface area contributed by atoms with Gasteiger partial charge in [-0.2, -0.15) is 0 Å². The highest BCUT2D eigenvalue weighted by Crippen LogP contribution is 2.33. The molecule has 0 bridgehead atoms. The third kappa shape index (κ3) is 6.36. The van der Waals surface area contributed by atoms with Crippen molar-refractivity contribution < 1.29 is 9.90 Å². The van der Waals surface area contributed by atoms with Gasteiger partial charge in [0.25, 0.3) is 11.5 Å². The number of anilines is 4. The maximum Gasteiger partial charge on any atom is 0.274 e. The van der Waals surface area contributed by atoms with Gasteiger partial charge in [0.2, 0.25) is 0 Å². The molecule has 0 spiro atoms. The number of fused-ring (bicyclic) bond motifs is 1.